The lowest BCUT2D eigenvalue weighted by Gasteiger charge is -2.16. The highest BCUT2D eigenvalue weighted by molar-refractivity contribution is 5.89. The lowest BCUT2D eigenvalue weighted by atomic mass is 10.0. The molecule has 0 saturated heterocycles. The predicted octanol–water partition coefficient (Wildman–Crippen LogP) is 3.33. The van der Waals surface area contributed by atoms with Crippen LogP contribution in [-0.2, 0) is 11.3 Å². The highest BCUT2D eigenvalue weighted by atomic mass is 16.5. The van der Waals surface area contributed by atoms with Gasteiger partial charge in [0.05, 0.1) is 19.2 Å². The Hall–Kier alpha value is -2.82. The smallest absolute Gasteiger partial charge is 0.337 e. The van der Waals surface area contributed by atoms with Crippen molar-refractivity contribution in [2.24, 2.45) is 4.99 Å². The van der Waals surface area contributed by atoms with Gasteiger partial charge < -0.3 is 15.4 Å². The van der Waals surface area contributed by atoms with E-state index in [4.69, 9.17) is 4.74 Å². The topological polar surface area (TPSA) is 62.7 Å². The maximum absolute atomic E-state index is 11.5. The molecule has 0 saturated carbocycles. The van der Waals surface area contributed by atoms with Crippen LogP contribution in [0.4, 0.5) is 0 Å². The van der Waals surface area contributed by atoms with Crippen LogP contribution in [0, 0.1) is 0 Å². The number of hydrogen-bond donors (Lipinski definition) is 2. The molecule has 0 spiro atoms. The van der Waals surface area contributed by atoms with Gasteiger partial charge in [0.15, 0.2) is 5.96 Å². The minimum atomic E-state index is -0.329. The number of methoxy groups -OCH3 is 1. The van der Waals surface area contributed by atoms with Crippen molar-refractivity contribution in [1.29, 1.82) is 0 Å². The molecule has 0 heterocycles. The van der Waals surface area contributed by atoms with E-state index >= 15 is 0 Å². The zero-order chi connectivity index (χ0) is 18.8. The summed E-state index contributed by atoms with van der Waals surface area (Å²) in [6.07, 6.45) is 0. The molecule has 0 radical (unpaired) electrons. The van der Waals surface area contributed by atoms with Crippen molar-refractivity contribution in [1.82, 2.24) is 10.6 Å². The Kier molecular flexibility index (Phi) is 7.68. The van der Waals surface area contributed by atoms with Gasteiger partial charge in [-0.05, 0) is 36.1 Å². The van der Waals surface area contributed by atoms with E-state index in [1.807, 2.05) is 25.1 Å². The molecular formula is C21H27N3O2. The molecule has 26 heavy (non-hydrogen) atoms. The van der Waals surface area contributed by atoms with Crippen molar-refractivity contribution < 1.29 is 9.53 Å². The Balaban J connectivity index is 1.94. The third-order valence-electron chi connectivity index (χ3n) is 4.08. The summed E-state index contributed by atoms with van der Waals surface area (Å²) in [5, 5.41) is 6.66. The van der Waals surface area contributed by atoms with Crippen LogP contribution in [0.2, 0.25) is 0 Å². The minimum absolute atomic E-state index is 0.329. The molecule has 0 aliphatic carbocycles. The number of aliphatic imine (C=N–C) groups is 1. The summed E-state index contributed by atoms with van der Waals surface area (Å²) < 4.78 is 4.71. The van der Waals surface area contributed by atoms with E-state index in [9.17, 15) is 4.79 Å². The van der Waals surface area contributed by atoms with Gasteiger partial charge in [-0.3, -0.25) is 0 Å². The Morgan fingerprint density at radius 2 is 1.77 bits per heavy atom. The molecule has 2 aromatic rings. The van der Waals surface area contributed by atoms with Gasteiger partial charge in [0.1, 0.15) is 0 Å². The van der Waals surface area contributed by atoms with E-state index < -0.39 is 0 Å². The number of carbonyl (C=O) groups is 1. The molecule has 0 aliphatic heterocycles. The number of nitrogens with one attached hydrogen (secondary N) is 2. The monoisotopic (exact) mass is 353 g/mol. The van der Waals surface area contributed by atoms with Crippen molar-refractivity contribution in [2.45, 2.75) is 26.3 Å². The number of guanidine groups is 1. The van der Waals surface area contributed by atoms with Gasteiger partial charge in [-0.25, -0.2) is 9.79 Å². The minimum Gasteiger partial charge on any atom is -0.465 e. The highest BCUT2D eigenvalue weighted by Gasteiger charge is 2.07. The number of esters is 1. The van der Waals surface area contributed by atoms with E-state index in [0.29, 0.717) is 18.0 Å². The van der Waals surface area contributed by atoms with Gasteiger partial charge in [0.25, 0.3) is 0 Å². The highest BCUT2D eigenvalue weighted by Crippen LogP contribution is 2.13. The van der Waals surface area contributed by atoms with E-state index in [0.717, 1.165) is 24.6 Å². The Morgan fingerprint density at radius 1 is 1.08 bits per heavy atom. The van der Waals surface area contributed by atoms with E-state index in [1.54, 1.807) is 12.1 Å². The van der Waals surface area contributed by atoms with Crippen LogP contribution in [-0.4, -0.2) is 32.1 Å². The fraction of sp³-hybridized carbons (Fsp3) is 0.333. The second-order valence-corrected chi connectivity index (χ2v) is 6.08. The third kappa shape index (κ3) is 5.92. The normalized spacial score (nSPS) is 12.3. The number of carbonyl (C=O) groups excluding carboxylic acids is 1. The van der Waals surface area contributed by atoms with E-state index in [-0.39, 0.29) is 5.97 Å². The first kappa shape index (κ1) is 19.5. The number of nitrogens with zero attached hydrogens (tertiary/aromatic N) is 1. The van der Waals surface area contributed by atoms with Gasteiger partial charge in [-0.2, -0.15) is 0 Å². The molecule has 0 aliphatic rings. The first-order valence-electron chi connectivity index (χ1n) is 8.88. The zero-order valence-electron chi connectivity index (χ0n) is 15.7. The van der Waals surface area contributed by atoms with Crippen LogP contribution in [0.5, 0.6) is 0 Å². The number of hydrogen-bond acceptors (Lipinski definition) is 3. The van der Waals surface area contributed by atoms with Gasteiger partial charge in [0.2, 0.25) is 0 Å². The summed E-state index contributed by atoms with van der Waals surface area (Å²) in [5.74, 6) is 0.844. The van der Waals surface area contributed by atoms with Crippen molar-refractivity contribution >= 4 is 11.9 Å². The summed E-state index contributed by atoms with van der Waals surface area (Å²) in [4.78, 5) is 16.1. The maximum Gasteiger partial charge on any atom is 0.337 e. The Labute approximate surface area is 155 Å². The molecule has 0 bridgehead atoms. The standard InChI is InChI=1S/C21H27N3O2/c1-4-22-21(23-14-16(2)18-8-6-5-7-9-18)24-15-17-10-12-19(13-11-17)20(25)26-3/h5-13,16H,4,14-15H2,1-3H3,(H2,22,23,24). The molecule has 0 amide bonds. The van der Waals surface area contributed by atoms with Crippen molar-refractivity contribution in [3.8, 4) is 0 Å². The lowest BCUT2D eigenvalue weighted by molar-refractivity contribution is 0.0600. The summed E-state index contributed by atoms with van der Waals surface area (Å²) in [6.45, 7) is 6.38. The Morgan fingerprint density at radius 3 is 2.38 bits per heavy atom. The number of benzene rings is 2. The van der Waals surface area contributed by atoms with Crippen LogP contribution in [0.3, 0.4) is 0 Å². The summed E-state index contributed by atoms with van der Waals surface area (Å²) in [7, 11) is 1.38. The van der Waals surface area contributed by atoms with Crippen LogP contribution < -0.4 is 10.6 Å². The van der Waals surface area contributed by atoms with Crippen molar-refractivity contribution in [2.75, 3.05) is 20.2 Å². The second kappa shape index (κ2) is 10.2. The molecule has 5 heteroatoms. The van der Waals surface area contributed by atoms with E-state index in [1.165, 1.54) is 12.7 Å². The first-order valence-corrected chi connectivity index (χ1v) is 8.88. The van der Waals surface area contributed by atoms with Crippen molar-refractivity contribution in [3.63, 3.8) is 0 Å². The van der Waals surface area contributed by atoms with Gasteiger partial charge >= 0.3 is 5.97 Å². The zero-order valence-corrected chi connectivity index (χ0v) is 15.7. The first-order chi connectivity index (χ1) is 12.6. The fourth-order valence-corrected chi connectivity index (χ4v) is 2.53. The van der Waals surface area contributed by atoms with Crippen LogP contribution in [0.15, 0.2) is 59.6 Å². The lowest BCUT2D eigenvalue weighted by Crippen LogP contribution is -2.39. The average Bonchev–Trinajstić information content (AvgIpc) is 2.70. The van der Waals surface area contributed by atoms with Crippen molar-refractivity contribution in [3.05, 3.63) is 71.3 Å². The predicted molar refractivity (Wildman–Crippen MR) is 105 cm³/mol. The SMILES string of the molecule is CCNC(=NCc1ccc(C(=O)OC)cc1)NCC(C)c1ccccc1. The summed E-state index contributed by atoms with van der Waals surface area (Å²) >= 11 is 0. The molecule has 2 N–H and O–H groups in total. The fourth-order valence-electron chi connectivity index (χ4n) is 2.53. The molecule has 138 valence electrons. The quantitative estimate of drug-likeness (QED) is 0.455. The molecule has 2 aromatic carbocycles. The molecule has 0 fully saturated rings. The van der Waals surface area contributed by atoms with Crippen LogP contribution >= 0.6 is 0 Å². The summed E-state index contributed by atoms with van der Waals surface area (Å²) in [6, 6.07) is 17.7. The van der Waals surface area contributed by atoms with Gasteiger partial charge in [-0.15, -0.1) is 0 Å². The molecule has 5 nitrogen and oxygen atoms in total. The Bertz CT molecular complexity index is 712. The number of rotatable bonds is 7. The molecule has 2 rings (SSSR count). The number of ether oxygens (including phenoxy) is 1. The van der Waals surface area contributed by atoms with Crippen LogP contribution in [0.25, 0.3) is 0 Å². The largest absolute Gasteiger partial charge is 0.465 e. The van der Waals surface area contributed by atoms with Gasteiger partial charge in [0, 0.05) is 13.1 Å². The van der Waals surface area contributed by atoms with Gasteiger partial charge in [-0.1, -0.05) is 49.4 Å². The van der Waals surface area contributed by atoms with E-state index in [2.05, 4.69) is 46.8 Å². The second-order valence-electron chi connectivity index (χ2n) is 6.08. The van der Waals surface area contributed by atoms with Crippen LogP contribution in [0.1, 0.15) is 41.3 Å². The average molecular weight is 353 g/mol. The third-order valence-corrected chi connectivity index (χ3v) is 4.08. The molecule has 0 aromatic heterocycles. The molecular weight excluding hydrogens is 326 g/mol. The maximum atomic E-state index is 11.5. The molecule has 1 atom stereocenters. The summed E-state index contributed by atoms with van der Waals surface area (Å²) in [5.41, 5.74) is 2.88. The molecule has 1 unspecified atom stereocenters.